The second kappa shape index (κ2) is 12.4. The maximum absolute atomic E-state index is 11.7. The van der Waals surface area contributed by atoms with Gasteiger partial charge in [0.2, 0.25) is 0 Å². The maximum atomic E-state index is 11.7. The van der Waals surface area contributed by atoms with Gasteiger partial charge in [0.15, 0.2) is 0 Å². The molecule has 0 aromatic heterocycles. The van der Waals surface area contributed by atoms with Crippen LogP contribution in [-0.4, -0.2) is 24.8 Å². The summed E-state index contributed by atoms with van der Waals surface area (Å²) in [6, 6.07) is 0. The molecule has 0 fully saturated rings. The predicted molar refractivity (Wildman–Crippen MR) is 114 cm³/mol. The third kappa shape index (κ3) is 7.81. The van der Waals surface area contributed by atoms with Gasteiger partial charge >= 0.3 is 5.97 Å². The van der Waals surface area contributed by atoms with Crippen LogP contribution in [0.25, 0.3) is 0 Å². The maximum Gasteiger partial charge on any atom is 0.331 e. The molecule has 0 bridgehead atoms. The van der Waals surface area contributed by atoms with E-state index in [-0.39, 0.29) is 11.6 Å². The molecular weight excluding hydrogens is 336 g/mol. The summed E-state index contributed by atoms with van der Waals surface area (Å²) in [5.41, 5.74) is 2.60. The number of rotatable bonds is 12. The van der Waals surface area contributed by atoms with Crippen LogP contribution in [0.3, 0.4) is 0 Å². The molecule has 1 aliphatic carbocycles. The van der Waals surface area contributed by atoms with Gasteiger partial charge in [0.1, 0.15) is 0 Å². The quantitative estimate of drug-likeness (QED) is 0.282. The topological polar surface area (TPSA) is 35.5 Å². The minimum atomic E-state index is -0.210. The molecule has 3 nitrogen and oxygen atoms in total. The zero-order chi connectivity index (χ0) is 20.3. The number of esters is 1. The van der Waals surface area contributed by atoms with Crippen molar-refractivity contribution in [2.75, 3.05) is 13.2 Å². The van der Waals surface area contributed by atoms with E-state index in [0.29, 0.717) is 18.4 Å². The summed E-state index contributed by atoms with van der Waals surface area (Å²) in [6.45, 7) is 14.3. The van der Waals surface area contributed by atoms with Crippen LogP contribution in [-0.2, 0) is 14.3 Å². The van der Waals surface area contributed by atoms with Gasteiger partial charge in [-0.3, -0.25) is 0 Å². The highest BCUT2D eigenvalue weighted by molar-refractivity contribution is 5.83. The first-order chi connectivity index (χ1) is 12.9. The molecule has 0 saturated heterocycles. The Labute approximate surface area is 167 Å². The van der Waals surface area contributed by atoms with Crippen molar-refractivity contribution in [3.63, 3.8) is 0 Å². The Hall–Kier alpha value is -1.09. The van der Waals surface area contributed by atoms with Crippen molar-refractivity contribution in [2.24, 2.45) is 11.8 Å². The Kier molecular flexibility index (Phi) is 11.0. The predicted octanol–water partition coefficient (Wildman–Crippen LogP) is 6.62. The summed E-state index contributed by atoms with van der Waals surface area (Å²) in [7, 11) is 0. The standard InChI is InChI=1S/C24H42O3/c1-7-19(17-22(8-2)24(6,9-3)27-11-5)15-20-13-12-14-21(16-20)18-23(25)26-10-4/h16,18-19,22H,7-15,17H2,1-6H3. The van der Waals surface area contributed by atoms with Crippen LogP contribution >= 0.6 is 0 Å². The fraction of sp³-hybridized carbons (Fsp3) is 0.792. The lowest BCUT2D eigenvalue weighted by atomic mass is 9.75. The van der Waals surface area contributed by atoms with Crippen LogP contribution in [0.15, 0.2) is 23.3 Å². The molecule has 3 atom stereocenters. The van der Waals surface area contributed by atoms with Gasteiger partial charge < -0.3 is 9.47 Å². The van der Waals surface area contributed by atoms with Crippen LogP contribution in [0.5, 0.6) is 0 Å². The van der Waals surface area contributed by atoms with Crippen molar-refractivity contribution in [3.05, 3.63) is 23.3 Å². The highest BCUT2D eigenvalue weighted by atomic mass is 16.5. The molecule has 27 heavy (non-hydrogen) atoms. The van der Waals surface area contributed by atoms with Crippen molar-refractivity contribution >= 4 is 5.97 Å². The molecule has 0 radical (unpaired) electrons. The van der Waals surface area contributed by atoms with E-state index in [4.69, 9.17) is 9.47 Å². The Balaban J connectivity index is 2.81. The third-order valence-electron chi connectivity index (χ3n) is 6.22. The van der Waals surface area contributed by atoms with Crippen molar-refractivity contribution in [3.8, 4) is 0 Å². The SMILES string of the molecule is CCOC(=O)C=C1C=C(CC(CC)CC(CC)C(C)(CC)OCC)CCC1. The van der Waals surface area contributed by atoms with Gasteiger partial charge in [-0.05, 0) is 76.7 Å². The smallest absolute Gasteiger partial charge is 0.331 e. The third-order valence-corrected chi connectivity index (χ3v) is 6.22. The molecule has 0 aliphatic heterocycles. The van der Waals surface area contributed by atoms with Gasteiger partial charge in [-0.15, -0.1) is 0 Å². The van der Waals surface area contributed by atoms with E-state index in [1.54, 1.807) is 6.08 Å². The molecule has 3 heteroatoms. The lowest BCUT2D eigenvalue weighted by Crippen LogP contribution is -2.38. The molecule has 0 spiro atoms. The molecule has 0 amide bonds. The summed E-state index contributed by atoms with van der Waals surface area (Å²) in [4.78, 5) is 11.7. The minimum absolute atomic E-state index is 0.0210. The number of carbonyl (C=O) groups excluding carboxylic acids is 1. The van der Waals surface area contributed by atoms with Crippen LogP contribution < -0.4 is 0 Å². The minimum Gasteiger partial charge on any atom is -0.463 e. The van der Waals surface area contributed by atoms with Crippen LogP contribution in [0.4, 0.5) is 0 Å². The molecule has 0 aromatic carbocycles. The fourth-order valence-electron chi connectivity index (χ4n) is 4.39. The highest BCUT2D eigenvalue weighted by Gasteiger charge is 2.33. The molecule has 0 N–H and O–H groups in total. The first-order valence-electron chi connectivity index (χ1n) is 11.1. The molecule has 0 saturated carbocycles. The number of ether oxygens (including phenoxy) is 2. The molecule has 1 aliphatic rings. The number of allylic oxidation sites excluding steroid dienone is 3. The summed E-state index contributed by atoms with van der Waals surface area (Å²) in [5, 5.41) is 0. The summed E-state index contributed by atoms with van der Waals surface area (Å²) in [6.07, 6.45) is 13.0. The second-order valence-corrected chi connectivity index (χ2v) is 8.05. The van der Waals surface area contributed by atoms with Crippen molar-refractivity contribution in [2.45, 2.75) is 98.5 Å². The monoisotopic (exact) mass is 378 g/mol. The van der Waals surface area contributed by atoms with Gasteiger partial charge in [-0.1, -0.05) is 45.3 Å². The van der Waals surface area contributed by atoms with Gasteiger partial charge in [0.25, 0.3) is 0 Å². The summed E-state index contributed by atoms with van der Waals surface area (Å²) >= 11 is 0. The Morgan fingerprint density at radius 3 is 2.44 bits per heavy atom. The molecular formula is C24H42O3. The van der Waals surface area contributed by atoms with E-state index in [0.717, 1.165) is 50.7 Å². The van der Waals surface area contributed by atoms with Gasteiger partial charge in [-0.25, -0.2) is 4.79 Å². The van der Waals surface area contributed by atoms with E-state index >= 15 is 0 Å². The van der Waals surface area contributed by atoms with Gasteiger partial charge in [-0.2, -0.15) is 0 Å². The second-order valence-electron chi connectivity index (χ2n) is 8.05. The molecule has 0 aromatic rings. The number of carbonyl (C=O) groups is 1. The van der Waals surface area contributed by atoms with Crippen molar-refractivity contribution in [1.82, 2.24) is 0 Å². The van der Waals surface area contributed by atoms with Crippen LogP contribution in [0, 0.1) is 11.8 Å². The van der Waals surface area contributed by atoms with Crippen LogP contribution in [0.2, 0.25) is 0 Å². The normalized spacial score (nSPS) is 20.7. The van der Waals surface area contributed by atoms with E-state index < -0.39 is 0 Å². The van der Waals surface area contributed by atoms with E-state index in [2.05, 4.69) is 40.7 Å². The van der Waals surface area contributed by atoms with E-state index in [1.165, 1.54) is 18.4 Å². The van der Waals surface area contributed by atoms with Crippen LogP contribution in [0.1, 0.15) is 92.9 Å². The van der Waals surface area contributed by atoms with E-state index in [1.807, 2.05) is 6.92 Å². The molecule has 1 rings (SSSR count). The zero-order valence-electron chi connectivity index (χ0n) is 18.6. The molecule has 0 heterocycles. The Morgan fingerprint density at radius 1 is 1.15 bits per heavy atom. The van der Waals surface area contributed by atoms with Crippen molar-refractivity contribution < 1.29 is 14.3 Å². The van der Waals surface area contributed by atoms with Crippen molar-refractivity contribution in [1.29, 1.82) is 0 Å². The first-order valence-corrected chi connectivity index (χ1v) is 11.1. The summed E-state index contributed by atoms with van der Waals surface area (Å²) in [5.74, 6) is 1.05. The average molecular weight is 379 g/mol. The highest BCUT2D eigenvalue weighted by Crippen LogP contribution is 2.37. The average Bonchev–Trinajstić information content (AvgIpc) is 2.65. The molecule has 3 unspecified atom stereocenters. The number of hydrogen-bond acceptors (Lipinski definition) is 3. The van der Waals surface area contributed by atoms with Gasteiger partial charge in [0.05, 0.1) is 12.2 Å². The van der Waals surface area contributed by atoms with E-state index in [9.17, 15) is 4.79 Å². The molecule has 156 valence electrons. The first kappa shape index (κ1) is 23.9. The summed E-state index contributed by atoms with van der Waals surface area (Å²) < 4.78 is 11.2. The lowest BCUT2D eigenvalue weighted by Gasteiger charge is -2.38. The lowest BCUT2D eigenvalue weighted by molar-refractivity contribution is -0.137. The number of hydrogen-bond donors (Lipinski definition) is 0. The van der Waals surface area contributed by atoms with Gasteiger partial charge in [0, 0.05) is 12.7 Å². The largest absolute Gasteiger partial charge is 0.463 e. The zero-order valence-corrected chi connectivity index (χ0v) is 18.6. The Morgan fingerprint density at radius 2 is 1.89 bits per heavy atom. The fourth-order valence-corrected chi connectivity index (χ4v) is 4.39. The Bertz CT molecular complexity index is 506.